The first kappa shape index (κ1) is 12.8. The molecule has 1 aliphatic carbocycles. The molecule has 1 aliphatic heterocycles. The number of fused-ring (bicyclic) bond motifs is 1. The van der Waals surface area contributed by atoms with E-state index in [1.54, 1.807) is 7.11 Å². The van der Waals surface area contributed by atoms with Crippen LogP contribution in [0, 0.1) is 11.8 Å². The topological polar surface area (TPSA) is 51.4 Å². The monoisotopic (exact) mass is 263 g/mol. The molecule has 0 amide bonds. The van der Waals surface area contributed by atoms with Crippen LogP contribution in [0.3, 0.4) is 0 Å². The van der Waals surface area contributed by atoms with Crippen molar-refractivity contribution in [3.8, 4) is 0 Å². The second-order valence-corrected chi connectivity index (χ2v) is 5.50. The molecule has 2 aliphatic rings. The van der Waals surface area contributed by atoms with Gasteiger partial charge in [-0.25, -0.2) is 0 Å². The molecule has 5 nitrogen and oxygen atoms in total. The standard InChI is InChI=1S/C14H21N3O2/c1-18-7-6-13-15-14(19-16-13)10-17-8-11-4-2-3-5-12(11)9-17/h2-3,11-12H,4-10H2,1H3/t11-,12+. The molecule has 0 bridgehead atoms. The van der Waals surface area contributed by atoms with Crippen LogP contribution in [0.4, 0.5) is 0 Å². The van der Waals surface area contributed by atoms with Crippen LogP contribution in [0.15, 0.2) is 16.7 Å². The van der Waals surface area contributed by atoms with Crippen molar-refractivity contribution >= 4 is 0 Å². The quantitative estimate of drug-likeness (QED) is 0.756. The summed E-state index contributed by atoms with van der Waals surface area (Å²) in [6, 6.07) is 0. The number of hydrogen-bond acceptors (Lipinski definition) is 5. The first-order valence-corrected chi connectivity index (χ1v) is 7.03. The molecule has 0 saturated carbocycles. The van der Waals surface area contributed by atoms with Crippen molar-refractivity contribution in [1.82, 2.24) is 15.0 Å². The minimum atomic E-state index is 0.637. The predicted octanol–water partition coefficient (Wildman–Crippen LogP) is 1.66. The first-order valence-electron chi connectivity index (χ1n) is 7.03. The van der Waals surface area contributed by atoms with Crippen molar-refractivity contribution in [1.29, 1.82) is 0 Å². The molecular formula is C14H21N3O2. The molecule has 5 heteroatoms. The summed E-state index contributed by atoms with van der Waals surface area (Å²) in [5.41, 5.74) is 0. The zero-order valence-electron chi connectivity index (χ0n) is 11.4. The number of allylic oxidation sites excluding steroid dienone is 2. The maximum absolute atomic E-state index is 5.30. The maximum Gasteiger partial charge on any atom is 0.240 e. The van der Waals surface area contributed by atoms with Gasteiger partial charge in [0.25, 0.3) is 0 Å². The van der Waals surface area contributed by atoms with Crippen molar-refractivity contribution in [2.24, 2.45) is 11.8 Å². The number of nitrogens with zero attached hydrogens (tertiary/aromatic N) is 3. The molecule has 0 spiro atoms. The summed E-state index contributed by atoms with van der Waals surface area (Å²) >= 11 is 0. The Kier molecular flexibility index (Phi) is 3.94. The molecule has 1 fully saturated rings. The summed E-state index contributed by atoms with van der Waals surface area (Å²) in [7, 11) is 1.68. The molecule has 19 heavy (non-hydrogen) atoms. The van der Waals surface area contributed by atoms with E-state index < -0.39 is 0 Å². The highest BCUT2D eigenvalue weighted by molar-refractivity contribution is 5.00. The van der Waals surface area contributed by atoms with Gasteiger partial charge in [-0.2, -0.15) is 4.98 Å². The van der Waals surface area contributed by atoms with E-state index in [-0.39, 0.29) is 0 Å². The predicted molar refractivity (Wildman–Crippen MR) is 70.5 cm³/mol. The van der Waals surface area contributed by atoms with Gasteiger partial charge in [-0.05, 0) is 24.7 Å². The molecule has 2 heterocycles. The lowest BCUT2D eigenvalue weighted by atomic mass is 9.86. The van der Waals surface area contributed by atoms with Crippen molar-refractivity contribution in [3.63, 3.8) is 0 Å². The van der Waals surface area contributed by atoms with E-state index in [4.69, 9.17) is 9.26 Å². The smallest absolute Gasteiger partial charge is 0.240 e. The molecule has 1 aromatic heterocycles. The Morgan fingerprint density at radius 3 is 2.74 bits per heavy atom. The van der Waals surface area contributed by atoms with E-state index in [1.807, 2.05) is 0 Å². The van der Waals surface area contributed by atoms with Crippen LogP contribution in [0.25, 0.3) is 0 Å². The molecule has 1 aromatic rings. The zero-order valence-corrected chi connectivity index (χ0v) is 11.4. The summed E-state index contributed by atoms with van der Waals surface area (Å²) in [5, 5.41) is 3.98. The Hall–Kier alpha value is -1.20. The molecule has 0 radical (unpaired) electrons. The van der Waals surface area contributed by atoms with Crippen LogP contribution in [0.2, 0.25) is 0 Å². The lowest BCUT2D eigenvalue weighted by Gasteiger charge is -2.18. The third-order valence-electron chi connectivity index (χ3n) is 4.10. The normalized spacial score (nSPS) is 26.8. The van der Waals surface area contributed by atoms with Gasteiger partial charge in [0.15, 0.2) is 5.82 Å². The Morgan fingerprint density at radius 1 is 1.32 bits per heavy atom. The third-order valence-corrected chi connectivity index (χ3v) is 4.10. The van der Waals surface area contributed by atoms with Gasteiger partial charge >= 0.3 is 0 Å². The van der Waals surface area contributed by atoms with Crippen LogP contribution in [-0.4, -0.2) is 41.8 Å². The summed E-state index contributed by atoms with van der Waals surface area (Å²) in [5.74, 6) is 3.12. The number of ether oxygens (including phenoxy) is 1. The molecular weight excluding hydrogens is 242 g/mol. The maximum atomic E-state index is 5.30. The molecule has 1 saturated heterocycles. The highest BCUT2D eigenvalue weighted by Crippen LogP contribution is 2.33. The minimum absolute atomic E-state index is 0.637. The molecule has 3 rings (SSSR count). The number of rotatable bonds is 5. The Bertz CT molecular complexity index is 428. The van der Waals surface area contributed by atoms with E-state index in [0.29, 0.717) is 6.61 Å². The van der Waals surface area contributed by atoms with Crippen molar-refractivity contribution in [2.75, 3.05) is 26.8 Å². The van der Waals surface area contributed by atoms with E-state index in [0.717, 1.165) is 49.6 Å². The van der Waals surface area contributed by atoms with E-state index in [9.17, 15) is 0 Å². The van der Waals surface area contributed by atoms with Crippen LogP contribution in [0.1, 0.15) is 24.6 Å². The average Bonchev–Trinajstić information content (AvgIpc) is 3.02. The summed E-state index contributed by atoms with van der Waals surface area (Å²) in [6.07, 6.45) is 7.81. The average molecular weight is 263 g/mol. The Labute approximate surface area is 113 Å². The fraction of sp³-hybridized carbons (Fsp3) is 0.714. The highest BCUT2D eigenvalue weighted by Gasteiger charge is 2.33. The van der Waals surface area contributed by atoms with Gasteiger partial charge in [0.05, 0.1) is 13.2 Å². The lowest BCUT2D eigenvalue weighted by Crippen LogP contribution is -2.20. The number of hydrogen-bond donors (Lipinski definition) is 0. The van der Waals surface area contributed by atoms with Crippen molar-refractivity contribution in [2.45, 2.75) is 25.8 Å². The van der Waals surface area contributed by atoms with Crippen molar-refractivity contribution < 1.29 is 9.26 Å². The van der Waals surface area contributed by atoms with Gasteiger partial charge in [-0.1, -0.05) is 17.3 Å². The largest absolute Gasteiger partial charge is 0.384 e. The van der Waals surface area contributed by atoms with Crippen LogP contribution < -0.4 is 0 Å². The van der Waals surface area contributed by atoms with Gasteiger partial charge in [0.1, 0.15) is 0 Å². The Morgan fingerprint density at radius 2 is 2.05 bits per heavy atom. The molecule has 2 atom stereocenters. The third kappa shape index (κ3) is 3.04. The minimum Gasteiger partial charge on any atom is -0.384 e. The van der Waals surface area contributed by atoms with Crippen LogP contribution in [-0.2, 0) is 17.7 Å². The van der Waals surface area contributed by atoms with Crippen molar-refractivity contribution in [3.05, 3.63) is 23.9 Å². The van der Waals surface area contributed by atoms with Gasteiger partial charge in [-0.3, -0.25) is 4.90 Å². The van der Waals surface area contributed by atoms with Gasteiger partial charge in [0, 0.05) is 26.6 Å². The SMILES string of the molecule is COCCc1noc(CN2C[C@H]3CC=CC[C@H]3C2)n1. The molecule has 104 valence electrons. The summed E-state index contributed by atoms with van der Waals surface area (Å²) < 4.78 is 10.3. The van der Waals surface area contributed by atoms with Crippen LogP contribution >= 0.6 is 0 Å². The molecule has 0 N–H and O–H groups in total. The molecule has 0 aromatic carbocycles. The zero-order chi connectivity index (χ0) is 13.1. The van der Waals surface area contributed by atoms with E-state index in [2.05, 4.69) is 27.2 Å². The van der Waals surface area contributed by atoms with E-state index >= 15 is 0 Å². The van der Waals surface area contributed by atoms with E-state index in [1.165, 1.54) is 12.8 Å². The fourth-order valence-electron chi connectivity index (χ4n) is 3.08. The number of methoxy groups -OCH3 is 1. The van der Waals surface area contributed by atoms with Gasteiger partial charge < -0.3 is 9.26 Å². The van der Waals surface area contributed by atoms with Gasteiger partial charge in [-0.15, -0.1) is 0 Å². The molecule has 0 unspecified atom stereocenters. The van der Waals surface area contributed by atoms with Gasteiger partial charge in [0.2, 0.25) is 5.89 Å². The number of aromatic nitrogens is 2. The second-order valence-electron chi connectivity index (χ2n) is 5.50. The Balaban J connectivity index is 1.53. The summed E-state index contributed by atoms with van der Waals surface area (Å²) in [4.78, 5) is 6.85. The number of likely N-dealkylation sites (tertiary alicyclic amines) is 1. The second kappa shape index (κ2) is 5.84. The summed E-state index contributed by atoms with van der Waals surface area (Å²) in [6.45, 7) is 3.74. The lowest BCUT2D eigenvalue weighted by molar-refractivity contribution is 0.199. The fourth-order valence-corrected chi connectivity index (χ4v) is 3.08. The first-order chi connectivity index (χ1) is 9.35. The highest BCUT2D eigenvalue weighted by atomic mass is 16.5. The van der Waals surface area contributed by atoms with Crippen LogP contribution in [0.5, 0.6) is 0 Å².